The van der Waals surface area contributed by atoms with E-state index in [1.807, 2.05) is 72.8 Å². The molecule has 3 aromatic carbocycles. The third-order valence-corrected chi connectivity index (χ3v) is 4.16. The van der Waals surface area contributed by atoms with Gasteiger partial charge in [-0.15, -0.1) is 0 Å². The fourth-order valence-electron chi connectivity index (χ4n) is 2.83. The second kappa shape index (κ2) is 8.64. The van der Waals surface area contributed by atoms with Crippen molar-refractivity contribution in [2.75, 3.05) is 0 Å². The van der Waals surface area contributed by atoms with Crippen LogP contribution in [0.5, 0.6) is 0 Å². The molecule has 0 saturated heterocycles. The number of benzene rings is 3. The van der Waals surface area contributed by atoms with Gasteiger partial charge in [0.15, 0.2) is 0 Å². The summed E-state index contributed by atoms with van der Waals surface area (Å²) in [5, 5.41) is 17.5. The van der Waals surface area contributed by atoms with E-state index in [1.54, 1.807) is 12.2 Å². The summed E-state index contributed by atoms with van der Waals surface area (Å²) in [4.78, 5) is 21.4. The Balaban J connectivity index is 1.84. The van der Waals surface area contributed by atoms with E-state index in [1.165, 1.54) is 0 Å². The summed E-state index contributed by atoms with van der Waals surface area (Å²) in [5.74, 6) is -1.95. The Labute approximate surface area is 162 Å². The Hall–Kier alpha value is -3.92. The van der Waals surface area contributed by atoms with Crippen molar-refractivity contribution >= 4 is 24.1 Å². The van der Waals surface area contributed by atoms with E-state index < -0.39 is 11.9 Å². The summed E-state index contributed by atoms with van der Waals surface area (Å²) >= 11 is 0. The number of aliphatic carboxylic acids is 2. The molecular formula is C24H18O4. The van der Waals surface area contributed by atoms with Crippen LogP contribution in [0.4, 0.5) is 0 Å². The maximum Gasteiger partial charge on any atom is 0.328 e. The average molecular weight is 370 g/mol. The molecule has 0 fully saturated rings. The molecule has 4 heteroatoms. The lowest BCUT2D eigenvalue weighted by Crippen LogP contribution is -1.86. The summed E-state index contributed by atoms with van der Waals surface area (Å²) < 4.78 is 0. The molecule has 4 nitrogen and oxygen atoms in total. The summed E-state index contributed by atoms with van der Waals surface area (Å²) in [5.41, 5.74) is 5.69. The van der Waals surface area contributed by atoms with Crippen molar-refractivity contribution in [1.82, 2.24) is 0 Å². The van der Waals surface area contributed by atoms with Gasteiger partial charge in [-0.05, 0) is 57.7 Å². The van der Waals surface area contributed by atoms with Gasteiger partial charge in [0.2, 0.25) is 0 Å². The summed E-state index contributed by atoms with van der Waals surface area (Å²) in [6.07, 6.45) is 5.37. The molecular weight excluding hydrogens is 352 g/mol. The minimum atomic E-state index is -0.977. The largest absolute Gasteiger partial charge is 0.478 e. The minimum Gasteiger partial charge on any atom is -0.478 e. The number of rotatable bonds is 6. The highest BCUT2D eigenvalue weighted by Crippen LogP contribution is 2.26. The highest BCUT2D eigenvalue weighted by Gasteiger charge is 2.02. The first-order chi connectivity index (χ1) is 13.5. The van der Waals surface area contributed by atoms with Crippen molar-refractivity contribution in [3.8, 4) is 22.3 Å². The van der Waals surface area contributed by atoms with Gasteiger partial charge < -0.3 is 10.2 Å². The minimum absolute atomic E-state index is 0.821. The van der Waals surface area contributed by atoms with Crippen LogP contribution in [-0.4, -0.2) is 22.2 Å². The normalized spacial score (nSPS) is 11.1. The second-order valence-electron chi connectivity index (χ2n) is 6.17. The average Bonchev–Trinajstić information content (AvgIpc) is 2.71. The van der Waals surface area contributed by atoms with Gasteiger partial charge in [0.05, 0.1) is 0 Å². The van der Waals surface area contributed by atoms with Crippen LogP contribution < -0.4 is 0 Å². The first-order valence-electron chi connectivity index (χ1n) is 8.64. The Kier molecular flexibility index (Phi) is 5.82. The van der Waals surface area contributed by atoms with Crippen LogP contribution in [0.25, 0.3) is 34.4 Å². The van der Waals surface area contributed by atoms with Gasteiger partial charge in [0.25, 0.3) is 0 Å². The lowest BCUT2D eigenvalue weighted by molar-refractivity contribution is -0.132. The molecule has 3 rings (SSSR count). The predicted octanol–water partition coefficient (Wildman–Crippen LogP) is 5.22. The van der Waals surface area contributed by atoms with Crippen LogP contribution in [-0.2, 0) is 9.59 Å². The molecule has 0 aliphatic carbocycles. The number of carboxylic acid groups (broad SMARTS) is 2. The number of hydrogen-bond acceptors (Lipinski definition) is 2. The lowest BCUT2D eigenvalue weighted by Gasteiger charge is -2.07. The Morgan fingerprint density at radius 1 is 0.571 bits per heavy atom. The Morgan fingerprint density at radius 3 is 1.32 bits per heavy atom. The smallest absolute Gasteiger partial charge is 0.328 e. The van der Waals surface area contributed by atoms with Crippen molar-refractivity contribution in [3.05, 3.63) is 96.1 Å². The molecule has 138 valence electrons. The van der Waals surface area contributed by atoms with E-state index in [0.29, 0.717) is 0 Å². The van der Waals surface area contributed by atoms with Crippen molar-refractivity contribution in [1.29, 1.82) is 0 Å². The molecule has 0 amide bonds. The predicted molar refractivity (Wildman–Crippen MR) is 111 cm³/mol. The van der Waals surface area contributed by atoms with Gasteiger partial charge in [-0.1, -0.05) is 60.7 Å². The van der Waals surface area contributed by atoms with Gasteiger partial charge in [-0.25, -0.2) is 9.59 Å². The lowest BCUT2D eigenvalue weighted by atomic mass is 9.98. The summed E-state index contributed by atoms with van der Waals surface area (Å²) in [6.45, 7) is 0. The van der Waals surface area contributed by atoms with E-state index in [2.05, 4.69) is 0 Å². The molecule has 0 heterocycles. The van der Waals surface area contributed by atoms with Gasteiger partial charge in [0, 0.05) is 12.2 Å². The number of carboxylic acids is 2. The SMILES string of the molecule is O=C(O)/C=C/c1cccc(-c2ccc(-c3cccc(/C=C/C(=O)O)c3)cc2)c1. The highest BCUT2D eigenvalue weighted by molar-refractivity contribution is 5.86. The van der Waals surface area contributed by atoms with Gasteiger partial charge in [-0.2, -0.15) is 0 Å². The van der Waals surface area contributed by atoms with E-state index in [0.717, 1.165) is 45.5 Å². The standard InChI is InChI=1S/C24H18O4/c25-23(26)13-7-17-3-1-5-21(15-17)19-9-11-20(12-10-19)22-6-2-4-18(16-22)8-14-24(27)28/h1-16H,(H,25,26)(H,27,28)/b13-7+,14-8+. The van der Waals surface area contributed by atoms with Gasteiger partial charge in [0.1, 0.15) is 0 Å². The van der Waals surface area contributed by atoms with Crippen LogP contribution >= 0.6 is 0 Å². The summed E-state index contributed by atoms with van der Waals surface area (Å²) in [7, 11) is 0. The maximum atomic E-state index is 10.7. The molecule has 0 aliphatic rings. The zero-order valence-electron chi connectivity index (χ0n) is 14.9. The van der Waals surface area contributed by atoms with Crippen LogP contribution in [0.3, 0.4) is 0 Å². The third kappa shape index (κ3) is 5.05. The van der Waals surface area contributed by atoms with Gasteiger partial charge in [-0.3, -0.25) is 0 Å². The zero-order valence-corrected chi connectivity index (χ0v) is 14.9. The Bertz CT molecular complexity index is 973. The van der Waals surface area contributed by atoms with Crippen molar-refractivity contribution < 1.29 is 19.8 Å². The highest BCUT2D eigenvalue weighted by atomic mass is 16.4. The number of carbonyl (C=O) groups is 2. The zero-order chi connectivity index (χ0) is 19.9. The molecule has 0 radical (unpaired) electrons. The number of hydrogen-bond donors (Lipinski definition) is 2. The van der Waals surface area contributed by atoms with Crippen molar-refractivity contribution in [2.45, 2.75) is 0 Å². The molecule has 0 saturated carbocycles. The van der Waals surface area contributed by atoms with E-state index in [-0.39, 0.29) is 0 Å². The molecule has 28 heavy (non-hydrogen) atoms. The third-order valence-electron chi connectivity index (χ3n) is 4.16. The fraction of sp³-hybridized carbons (Fsp3) is 0. The van der Waals surface area contributed by atoms with Crippen LogP contribution in [0.1, 0.15) is 11.1 Å². The van der Waals surface area contributed by atoms with Gasteiger partial charge >= 0.3 is 11.9 Å². The van der Waals surface area contributed by atoms with Crippen LogP contribution in [0.15, 0.2) is 84.9 Å². The van der Waals surface area contributed by atoms with E-state index >= 15 is 0 Å². The molecule has 0 spiro atoms. The van der Waals surface area contributed by atoms with Crippen molar-refractivity contribution in [3.63, 3.8) is 0 Å². The van der Waals surface area contributed by atoms with Crippen molar-refractivity contribution in [2.24, 2.45) is 0 Å². The molecule has 0 atom stereocenters. The van der Waals surface area contributed by atoms with E-state index in [4.69, 9.17) is 10.2 Å². The monoisotopic (exact) mass is 370 g/mol. The molecule has 0 bridgehead atoms. The first-order valence-corrected chi connectivity index (χ1v) is 8.64. The topological polar surface area (TPSA) is 74.6 Å². The van der Waals surface area contributed by atoms with E-state index in [9.17, 15) is 9.59 Å². The summed E-state index contributed by atoms with van der Waals surface area (Å²) in [6, 6.07) is 23.4. The first kappa shape index (κ1) is 18.9. The molecule has 0 aliphatic heterocycles. The maximum absolute atomic E-state index is 10.7. The molecule has 0 aromatic heterocycles. The Morgan fingerprint density at radius 2 is 0.964 bits per heavy atom. The van der Waals surface area contributed by atoms with Crippen LogP contribution in [0.2, 0.25) is 0 Å². The molecule has 2 N–H and O–H groups in total. The molecule has 3 aromatic rings. The molecule has 0 unspecified atom stereocenters. The second-order valence-corrected chi connectivity index (χ2v) is 6.17. The fourth-order valence-corrected chi connectivity index (χ4v) is 2.83. The van der Waals surface area contributed by atoms with Crippen LogP contribution in [0, 0.1) is 0 Å². The quantitative estimate of drug-likeness (QED) is 0.584.